The molecular formula is C17H24N4S. The Morgan fingerprint density at radius 2 is 2.09 bits per heavy atom. The van der Waals surface area contributed by atoms with E-state index in [-0.39, 0.29) is 0 Å². The molecule has 4 nitrogen and oxygen atoms in total. The van der Waals surface area contributed by atoms with E-state index in [0.29, 0.717) is 6.04 Å². The number of rotatable bonds is 3. The zero-order valence-corrected chi connectivity index (χ0v) is 14.3. The topological polar surface area (TPSA) is 34.0 Å². The summed E-state index contributed by atoms with van der Waals surface area (Å²) in [4.78, 5) is 12.0. The Morgan fingerprint density at radius 3 is 2.91 bits per heavy atom. The maximum Gasteiger partial charge on any atom is 0.107 e. The Hall–Kier alpha value is -1.20. The van der Waals surface area contributed by atoms with Crippen LogP contribution in [0, 0.1) is 13.8 Å². The van der Waals surface area contributed by atoms with Gasteiger partial charge < -0.3 is 4.57 Å². The lowest BCUT2D eigenvalue weighted by atomic mass is 10.0. The molecule has 118 valence electrons. The number of aryl methyl sites for hydroxylation is 3. The number of nitrogens with zero attached hydrogens (tertiary/aromatic N) is 4. The van der Waals surface area contributed by atoms with Crippen molar-refractivity contribution >= 4 is 11.3 Å². The van der Waals surface area contributed by atoms with Gasteiger partial charge in [0.05, 0.1) is 12.2 Å². The molecule has 0 amide bonds. The molecule has 0 saturated carbocycles. The lowest BCUT2D eigenvalue weighted by molar-refractivity contribution is 0.313. The van der Waals surface area contributed by atoms with Gasteiger partial charge in [-0.2, -0.15) is 0 Å². The Morgan fingerprint density at radius 1 is 1.23 bits per heavy atom. The Bertz CT molecular complexity index is 672. The normalized spacial score (nSPS) is 22.2. The van der Waals surface area contributed by atoms with Gasteiger partial charge in [0.15, 0.2) is 0 Å². The molecule has 1 atom stereocenters. The van der Waals surface area contributed by atoms with E-state index in [0.717, 1.165) is 18.8 Å². The molecule has 1 unspecified atom stereocenters. The van der Waals surface area contributed by atoms with Gasteiger partial charge in [0.2, 0.25) is 0 Å². The molecular weight excluding hydrogens is 292 g/mol. The molecule has 0 spiro atoms. The molecule has 2 aliphatic rings. The monoisotopic (exact) mass is 316 g/mol. The highest BCUT2D eigenvalue weighted by Crippen LogP contribution is 2.31. The predicted octanol–water partition coefficient (Wildman–Crippen LogP) is 3.28. The van der Waals surface area contributed by atoms with Crippen LogP contribution in [0.2, 0.25) is 0 Å². The molecule has 0 bridgehead atoms. The highest BCUT2D eigenvalue weighted by molar-refractivity contribution is 7.09. The summed E-state index contributed by atoms with van der Waals surface area (Å²) in [5.41, 5.74) is 4.05. The summed E-state index contributed by atoms with van der Waals surface area (Å²) in [5, 5.41) is 3.40. The summed E-state index contributed by atoms with van der Waals surface area (Å²) in [5.74, 6) is 1.23. The van der Waals surface area contributed by atoms with Crippen molar-refractivity contribution in [3.05, 3.63) is 33.3 Å². The maximum absolute atomic E-state index is 4.84. The third kappa shape index (κ3) is 2.61. The van der Waals surface area contributed by atoms with Crippen molar-refractivity contribution < 1.29 is 0 Å². The van der Waals surface area contributed by atoms with Crippen LogP contribution in [-0.4, -0.2) is 32.5 Å². The summed E-state index contributed by atoms with van der Waals surface area (Å²) in [6, 6.07) is 0.607. The molecule has 2 aromatic heterocycles. The number of hydrogen-bond donors (Lipinski definition) is 0. The van der Waals surface area contributed by atoms with Crippen molar-refractivity contribution in [2.75, 3.05) is 13.1 Å². The average Bonchev–Trinajstić information content (AvgIpc) is 3.18. The van der Waals surface area contributed by atoms with E-state index in [1.807, 2.05) is 0 Å². The van der Waals surface area contributed by atoms with Crippen LogP contribution in [0.3, 0.4) is 0 Å². The summed E-state index contributed by atoms with van der Waals surface area (Å²) in [6.45, 7) is 7.59. The van der Waals surface area contributed by atoms with E-state index in [1.54, 1.807) is 11.3 Å². The third-order valence-corrected chi connectivity index (χ3v) is 5.94. The van der Waals surface area contributed by atoms with Crippen molar-refractivity contribution in [3.8, 4) is 0 Å². The lowest BCUT2D eigenvalue weighted by Crippen LogP contribution is -2.22. The standard InChI is InChI=1S/C17H24N4S/c1-12-11-22-17(18-12)10-20-8-7-14(9-20)21-13(2)19-15-5-3-4-6-16(15)21/h11,14H,3-10H2,1-2H3. The van der Waals surface area contributed by atoms with Crippen LogP contribution in [0.4, 0.5) is 0 Å². The largest absolute Gasteiger partial charge is 0.328 e. The number of imidazole rings is 1. The average molecular weight is 316 g/mol. The van der Waals surface area contributed by atoms with Crippen molar-refractivity contribution in [3.63, 3.8) is 0 Å². The van der Waals surface area contributed by atoms with Crippen molar-refractivity contribution in [1.82, 2.24) is 19.4 Å². The van der Waals surface area contributed by atoms with Crippen LogP contribution >= 0.6 is 11.3 Å². The number of aromatic nitrogens is 3. The molecule has 1 fully saturated rings. The second-order valence-corrected chi connectivity index (χ2v) is 7.63. The van der Waals surface area contributed by atoms with Gasteiger partial charge in [-0.15, -0.1) is 11.3 Å². The molecule has 1 saturated heterocycles. The second kappa shape index (κ2) is 5.78. The molecule has 0 aromatic carbocycles. The fraction of sp³-hybridized carbons (Fsp3) is 0.647. The smallest absolute Gasteiger partial charge is 0.107 e. The molecule has 0 N–H and O–H groups in total. The summed E-state index contributed by atoms with van der Waals surface area (Å²) in [7, 11) is 0. The first-order chi connectivity index (χ1) is 10.7. The van der Waals surface area contributed by atoms with E-state index in [2.05, 4.69) is 33.7 Å². The third-order valence-electron chi connectivity index (χ3n) is 4.98. The number of hydrogen-bond acceptors (Lipinski definition) is 4. The van der Waals surface area contributed by atoms with Crippen LogP contribution in [0.25, 0.3) is 0 Å². The Kier molecular flexibility index (Phi) is 3.78. The Labute approximate surface area is 136 Å². The number of fused-ring (bicyclic) bond motifs is 1. The van der Waals surface area contributed by atoms with Gasteiger partial charge in [-0.25, -0.2) is 9.97 Å². The minimum absolute atomic E-state index is 0.607. The van der Waals surface area contributed by atoms with Crippen LogP contribution in [-0.2, 0) is 19.4 Å². The van der Waals surface area contributed by atoms with Gasteiger partial charge in [0, 0.05) is 35.9 Å². The van der Waals surface area contributed by atoms with Crippen LogP contribution in [0.1, 0.15) is 53.2 Å². The van der Waals surface area contributed by atoms with E-state index in [9.17, 15) is 0 Å². The first kappa shape index (κ1) is 14.4. The molecule has 22 heavy (non-hydrogen) atoms. The fourth-order valence-electron chi connectivity index (χ4n) is 4.02. The molecule has 0 radical (unpaired) electrons. The minimum atomic E-state index is 0.607. The van der Waals surface area contributed by atoms with E-state index < -0.39 is 0 Å². The van der Waals surface area contributed by atoms with Crippen molar-refractivity contribution in [2.24, 2.45) is 0 Å². The minimum Gasteiger partial charge on any atom is -0.328 e. The van der Waals surface area contributed by atoms with Gasteiger partial charge in [0.25, 0.3) is 0 Å². The lowest BCUT2D eigenvalue weighted by Gasteiger charge is -2.21. The molecule has 4 rings (SSSR count). The van der Waals surface area contributed by atoms with E-state index in [4.69, 9.17) is 4.98 Å². The molecule has 5 heteroatoms. The van der Waals surface area contributed by atoms with E-state index >= 15 is 0 Å². The number of thiazole rings is 1. The molecule has 2 aromatic rings. The zero-order valence-electron chi connectivity index (χ0n) is 13.5. The van der Waals surface area contributed by atoms with Gasteiger partial charge in [-0.1, -0.05) is 0 Å². The van der Waals surface area contributed by atoms with Crippen LogP contribution < -0.4 is 0 Å². The molecule has 3 heterocycles. The maximum atomic E-state index is 4.84. The van der Waals surface area contributed by atoms with Crippen LogP contribution in [0.5, 0.6) is 0 Å². The van der Waals surface area contributed by atoms with Gasteiger partial charge in [-0.3, -0.25) is 4.90 Å². The predicted molar refractivity (Wildman–Crippen MR) is 89.4 cm³/mol. The summed E-state index contributed by atoms with van der Waals surface area (Å²) in [6.07, 6.45) is 6.28. The fourth-order valence-corrected chi connectivity index (χ4v) is 4.83. The highest BCUT2D eigenvalue weighted by atomic mass is 32.1. The summed E-state index contributed by atoms with van der Waals surface area (Å²) >= 11 is 1.79. The van der Waals surface area contributed by atoms with Crippen molar-refractivity contribution in [1.29, 1.82) is 0 Å². The molecule has 1 aliphatic carbocycles. The second-order valence-electron chi connectivity index (χ2n) is 6.69. The van der Waals surface area contributed by atoms with Crippen LogP contribution in [0.15, 0.2) is 5.38 Å². The SMILES string of the molecule is Cc1csc(CN2CCC(n3c(C)nc4c3CCCC4)C2)n1. The van der Waals surface area contributed by atoms with Gasteiger partial charge in [0.1, 0.15) is 10.8 Å². The highest BCUT2D eigenvalue weighted by Gasteiger charge is 2.29. The van der Waals surface area contributed by atoms with Gasteiger partial charge >= 0.3 is 0 Å². The van der Waals surface area contributed by atoms with E-state index in [1.165, 1.54) is 60.9 Å². The Balaban J connectivity index is 1.50. The van der Waals surface area contributed by atoms with Gasteiger partial charge in [-0.05, 0) is 46.0 Å². The number of likely N-dealkylation sites (tertiary alicyclic amines) is 1. The molecule has 1 aliphatic heterocycles. The first-order valence-corrected chi connectivity index (χ1v) is 9.28. The summed E-state index contributed by atoms with van der Waals surface area (Å²) < 4.78 is 2.56. The quantitative estimate of drug-likeness (QED) is 0.871. The zero-order chi connectivity index (χ0) is 15.1. The van der Waals surface area contributed by atoms with Crippen molar-refractivity contribution in [2.45, 2.75) is 58.5 Å². The first-order valence-electron chi connectivity index (χ1n) is 8.40.